The van der Waals surface area contributed by atoms with Crippen LogP contribution in [0, 0.1) is 11.3 Å². The van der Waals surface area contributed by atoms with Crippen molar-refractivity contribution in [1.82, 2.24) is 0 Å². The van der Waals surface area contributed by atoms with Crippen molar-refractivity contribution in [3.8, 4) is 6.07 Å². The minimum Gasteiger partial charge on any atom is -0.198 e. The van der Waals surface area contributed by atoms with Gasteiger partial charge < -0.3 is 0 Å². The van der Waals surface area contributed by atoms with Gasteiger partial charge in [-0.2, -0.15) is 5.26 Å². The zero-order valence-electron chi connectivity index (χ0n) is 8.20. The van der Waals surface area contributed by atoms with Gasteiger partial charge in [0.15, 0.2) is 0 Å². The highest BCUT2D eigenvalue weighted by Gasteiger charge is 2.02. The second-order valence-electron chi connectivity index (χ2n) is 3.44. The molecule has 0 atom stereocenters. The molecule has 0 heterocycles. The van der Waals surface area contributed by atoms with Gasteiger partial charge in [-0.25, -0.2) is 0 Å². The average molecular weight is 260 g/mol. The Morgan fingerprint density at radius 2 is 2.00 bits per heavy atom. The molecule has 0 radical (unpaired) electrons. The summed E-state index contributed by atoms with van der Waals surface area (Å²) < 4.78 is 0. The van der Waals surface area contributed by atoms with Gasteiger partial charge in [0.25, 0.3) is 0 Å². The lowest BCUT2D eigenvalue weighted by molar-refractivity contribution is 1.27. The molecule has 1 nitrogen and oxygen atoms in total. The summed E-state index contributed by atoms with van der Waals surface area (Å²) in [5.74, 6) is 0. The lowest BCUT2D eigenvalue weighted by atomic mass is 10.00. The zero-order valence-corrected chi connectivity index (χ0v) is 9.79. The monoisotopic (exact) mass is 259 g/mol. The fraction of sp³-hybridized carbons (Fsp3) is 0.154. The Morgan fingerprint density at radius 3 is 2.73 bits per heavy atom. The quantitative estimate of drug-likeness (QED) is 0.753. The molecule has 15 heavy (non-hydrogen) atoms. The topological polar surface area (TPSA) is 23.8 Å². The van der Waals surface area contributed by atoms with E-state index in [4.69, 9.17) is 5.26 Å². The second kappa shape index (κ2) is 4.46. The van der Waals surface area contributed by atoms with Gasteiger partial charge in [0.2, 0.25) is 0 Å². The number of hydrogen-bond acceptors (Lipinski definition) is 1. The maximum atomic E-state index is 8.78. The number of nitriles is 1. The predicted molar refractivity (Wildman–Crippen MR) is 65.9 cm³/mol. The number of alkyl halides is 1. The third kappa shape index (κ3) is 2.03. The number of benzene rings is 2. The van der Waals surface area contributed by atoms with Crippen LogP contribution in [-0.4, -0.2) is 0 Å². The Bertz CT molecular complexity index is 526. The molecule has 0 bridgehead atoms. The van der Waals surface area contributed by atoms with Crippen molar-refractivity contribution >= 4 is 26.7 Å². The first kappa shape index (κ1) is 10.2. The number of rotatable bonds is 2. The van der Waals surface area contributed by atoms with E-state index in [-0.39, 0.29) is 0 Å². The third-order valence-corrected chi connectivity index (χ3v) is 3.08. The molecule has 0 aliphatic heterocycles. The maximum absolute atomic E-state index is 8.78. The van der Waals surface area contributed by atoms with Gasteiger partial charge in [0.05, 0.1) is 12.5 Å². The van der Waals surface area contributed by atoms with E-state index in [0.717, 1.165) is 10.9 Å². The van der Waals surface area contributed by atoms with Crippen LogP contribution in [0.5, 0.6) is 0 Å². The van der Waals surface area contributed by atoms with Crippen LogP contribution >= 0.6 is 15.9 Å². The Balaban J connectivity index is 2.70. The summed E-state index contributed by atoms with van der Waals surface area (Å²) >= 11 is 3.45. The largest absolute Gasteiger partial charge is 0.198 e. The van der Waals surface area contributed by atoms with Gasteiger partial charge in [0.1, 0.15) is 0 Å². The predicted octanol–water partition coefficient (Wildman–Crippen LogP) is 3.80. The van der Waals surface area contributed by atoms with Crippen molar-refractivity contribution in [2.24, 2.45) is 0 Å². The van der Waals surface area contributed by atoms with Crippen LogP contribution in [-0.2, 0) is 11.8 Å². The molecule has 0 aliphatic rings. The SMILES string of the molecule is N#CCc1cc(CBr)cc2ccccc12. The van der Waals surface area contributed by atoms with Crippen molar-refractivity contribution in [1.29, 1.82) is 5.26 Å². The summed E-state index contributed by atoms with van der Waals surface area (Å²) in [5.41, 5.74) is 2.34. The highest BCUT2D eigenvalue weighted by atomic mass is 79.9. The van der Waals surface area contributed by atoms with Crippen molar-refractivity contribution < 1.29 is 0 Å². The highest BCUT2D eigenvalue weighted by Crippen LogP contribution is 2.22. The number of halogens is 1. The molecule has 0 aliphatic carbocycles. The standard InChI is InChI=1S/C13H10BrN/c14-9-10-7-11-3-1-2-4-13(11)12(8-10)5-6-15/h1-4,7-8H,5,9H2. The average Bonchev–Trinajstić information content (AvgIpc) is 2.29. The van der Waals surface area contributed by atoms with E-state index < -0.39 is 0 Å². The molecule has 74 valence electrons. The molecule has 2 rings (SSSR count). The molecule has 2 aromatic rings. The summed E-state index contributed by atoms with van der Waals surface area (Å²) in [6, 6.07) is 14.7. The molecule has 0 saturated carbocycles. The second-order valence-corrected chi connectivity index (χ2v) is 4.01. The van der Waals surface area contributed by atoms with Crippen LogP contribution in [0.2, 0.25) is 0 Å². The van der Waals surface area contributed by atoms with E-state index in [1.807, 2.05) is 12.1 Å². The molecule has 0 amide bonds. The van der Waals surface area contributed by atoms with Gasteiger partial charge >= 0.3 is 0 Å². The van der Waals surface area contributed by atoms with Crippen LogP contribution in [0.4, 0.5) is 0 Å². The van der Waals surface area contributed by atoms with Crippen molar-refractivity contribution in [3.63, 3.8) is 0 Å². The van der Waals surface area contributed by atoms with E-state index in [9.17, 15) is 0 Å². The maximum Gasteiger partial charge on any atom is 0.0669 e. The minimum atomic E-state index is 0.474. The lowest BCUT2D eigenvalue weighted by Crippen LogP contribution is -1.88. The normalized spacial score (nSPS) is 10.1. The van der Waals surface area contributed by atoms with Gasteiger partial charge in [-0.1, -0.05) is 52.3 Å². The summed E-state index contributed by atoms with van der Waals surface area (Å²) in [4.78, 5) is 0. The molecule has 2 heteroatoms. The molecular weight excluding hydrogens is 250 g/mol. The van der Waals surface area contributed by atoms with Crippen LogP contribution in [0.25, 0.3) is 10.8 Å². The Kier molecular flexibility index (Phi) is 3.03. The van der Waals surface area contributed by atoms with E-state index in [1.165, 1.54) is 16.3 Å². The van der Waals surface area contributed by atoms with E-state index in [0.29, 0.717) is 6.42 Å². The number of fused-ring (bicyclic) bond motifs is 1. The van der Waals surface area contributed by atoms with Crippen molar-refractivity contribution in [3.05, 3.63) is 47.5 Å². The van der Waals surface area contributed by atoms with Gasteiger partial charge in [-0.3, -0.25) is 0 Å². The van der Waals surface area contributed by atoms with Crippen LogP contribution < -0.4 is 0 Å². The summed E-state index contributed by atoms with van der Waals surface area (Å²) in [7, 11) is 0. The number of nitrogens with zero attached hydrogens (tertiary/aromatic N) is 1. The minimum absolute atomic E-state index is 0.474. The Hall–Kier alpha value is -1.33. The van der Waals surface area contributed by atoms with Gasteiger partial charge in [-0.05, 0) is 21.9 Å². The third-order valence-electron chi connectivity index (χ3n) is 2.43. The summed E-state index contributed by atoms with van der Waals surface area (Å²) in [6.45, 7) is 0. The molecule has 0 N–H and O–H groups in total. The molecule has 2 aromatic carbocycles. The first-order valence-electron chi connectivity index (χ1n) is 4.78. The first-order valence-corrected chi connectivity index (χ1v) is 5.91. The van der Waals surface area contributed by atoms with Gasteiger partial charge in [-0.15, -0.1) is 0 Å². The molecule has 0 unspecified atom stereocenters. The Labute approximate surface area is 97.5 Å². The Morgan fingerprint density at radius 1 is 1.20 bits per heavy atom. The van der Waals surface area contributed by atoms with Crippen LogP contribution in [0.3, 0.4) is 0 Å². The van der Waals surface area contributed by atoms with Crippen molar-refractivity contribution in [2.75, 3.05) is 0 Å². The zero-order chi connectivity index (χ0) is 10.7. The lowest BCUT2D eigenvalue weighted by Gasteiger charge is -2.05. The van der Waals surface area contributed by atoms with Crippen molar-refractivity contribution in [2.45, 2.75) is 11.8 Å². The fourth-order valence-corrected chi connectivity index (χ4v) is 2.09. The molecular formula is C13H10BrN. The first-order chi connectivity index (χ1) is 7.35. The fourth-order valence-electron chi connectivity index (χ4n) is 1.77. The number of hydrogen-bond donors (Lipinski definition) is 0. The molecule has 0 saturated heterocycles. The molecule has 0 spiro atoms. The smallest absolute Gasteiger partial charge is 0.0669 e. The van der Waals surface area contributed by atoms with E-state index in [2.05, 4.69) is 46.3 Å². The summed E-state index contributed by atoms with van der Waals surface area (Å²) in [6.07, 6.45) is 0.474. The highest BCUT2D eigenvalue weighted by molar-refractivity contribution is 9.08. The van der Waals surface area contributed by atoms with Crippen LogP contribution in [0.15, 0.2) is 36.4 Å². The van der Waals surface area contributed by atoms with Crippen LogP contribution in [0.1, 0.15) is 11.1 Å². The van der Waals surface area contributed by atoms with E-state index in [1.54, 1.807) is 0 Å². The molecule has 0 fully saturated rings. The summed E-state index contributed by atoms with van der Waals surface area (Å²) in [5, 5.41) is 12.0. The van der Waals surface area contributed by atoms with E-state index >= 15 is 0 Å². The molecule has 0 aromatic heterocycles. The van der Waals surface area contributed by atoms with Gasteiger partial charge in [0, 0.05) is 5.33 Å².